The monoisotopic (exact) mass is 275 g/mol. The van der Waals surface area contributed by atoms with E-state index in [1.165, 1.54) is 19.3 Å². The predicted molar refractivity (Wildman–Crippen MR) is 80.7 cm³/mol. The SMILES string of the molecule is CCC(NC(=O)C1CCCCC1)c1ccc(OC)cc1. The van der Waals surface area contributed by atoms with Gasteiger partial charge in [-0.3, -0.25) is 4.79 Å². The molecular formula is C17H25NO2. The average Bonchev–Trinajstić information content (AvgIpc) is 2.53. The van der Waals surface area contributed by atoms with E-state index in [2.05, 4.69) is 12.2 Å². The summed E-state index contributed by atoms with van der Waals surface area (Å²) in [5, 5.41) is 3.21. The molecule has 2 rings (SSSR count). The number of carbonyl (C=O) groups excluding carboxylic acids is 1. The number of methoxy groups -OCH3 is 1. The topological polar surface area (TPSA) is 38.3 Å². The Bertz CT molecular complexity index is 421. The van der Waals surface area contributed by atoms with Gasteiger partial charge in [-0.25, -0.2) is 0 Å². The lowest BCUT2D eigenvalue weighted by Crippen LogP contribution is -2.34. The summed E-state index contributed by atoms with van der Waals surface area (Å²) in [6.07, 6.45) is 6.66. The van der Waals surface area contributed by atoms with Gasteiger partial charge in [0.1, 0.15) is 5.75 Å². The molecule has 0 bridgehead atoms. The fourth-order valence-electron chi connectivity index (χ4n) is 2.91. The Balaban J connectivity index is 1.98. The van der Waals surface area contributed by atoms with Gasteiger partial charge in [-0.15, -0.1) is 0 Å². The van der Waals surface area contributed by atoms with E-state index in [-0.39, 0.29) is 17.9 Å². The van der Waals surface area contributed by atoms with Gasteiger partial charge in [0.25, 0.3) is 0 Å². The van der Waals surface area contributed by atoms with E-state index < -0.39 is 0 Å². The molecule has 1 aromatic carbocycles. The Morgan fingerprint density at radius 2 is 1.90 bits per heavy atom. The van der Waals surface area contributed by atoms with E-state index >= 15 is 0 Å². The van der Waals surface area contributed by atoms with E-state index in [1.807, 2.05) is 24.3 Å². The number of hydrogen-bond donors (Lipinski definition) is 1. The second-order valence-corrected chi connectivity index (χ2v) is 5.58. The predicted octanol–water partition coefficient (Wildman–Crippen LogP) is 3.84. The van der Waals surface area contributed by atoms with Gasteiger partial charge in [-0.05, 0) is 37.0 Å². The molecule has 3 nitrogen and oxygen atoms in total. The van der Waals surface area contributed by atoms with E-state index in [0.717, 1.165) is 30.6 Å². The van der Waals surface area contributed by atoms with Crippen molar-refractivity contribution in [2.45, 2.75) is 51.5 Å². The zero-order chi connectivity index (χ0) is 14.4. The van der Waals surface area contributed by atoms with Gasteiger partial charge in [0, 0.05) is 5.92 Å². The molecule has 110 valence electrons. The van der Waals surface area contributed by atoms with E-state index in [4.69, 9.17) is 4.74 Å². The van der Waals surface area contributed by atoms with Crippen LogP contribution in [-0.2, 0) is 4.79 Å². The first kappa shape index (κ1) is 14.9. The third-order valence-electron chi connectivity index (χ3n) is 4.22. The third-order valence-corrected chi connectivity index (χ3v) is 4.22. The molecule has 0 radical (unpaired) electrons. The Kier molecular flexibility index (Phi) is 5.45. The van der Waals surface area contributed by atoms with Crippen molar-refractivity contribution >= 4 is 5.91 Å². The van der Waals surface area contributed by atoms with Gasteiger partial charge in [-0.2, -0.15) is 0 Å². The van der Waals surface area contributed by atoms with Crippen molar-refractivity contribution in [2.24, 2.45) is 5.92 Å². The van der Waals surface area contributed by atoms with Crippen LogP contribution in [0.2, 0.25) is 0 Å². The van der Waals surface area contributed by atoms with Crippen LogP contribution in [0.1, 0.15) is 57.1 Å². The van der Waals surface area contributed by atoms with Gasteiger partial charge >= 0.3 is 0 Å². The molecular weight excluding hydrogens is 250 g/mol. The fraction of sp³-hybridized carbons (Fsp3) is 0.588. The molecule has 1 saturated carbocycles. The quantitative estimate of drug-likeness (QED) is 0.886. The molecule has 1 unspecified atom stereocenters. The molecule has 1 amide bonds. The van der Waals surface area contributed by atoms with Crippen LogP contribution in [0.25, 0.3) is 0 Å². The number of carbonyl (C=O) groups is 1. The van der Waals surface area contributed by atoms with Gasteiger partial charge in [0.2, 0.25) is 5.91 Å². The third kappa shape index (κ3) is 3.75. The maximum Gasteiger partial charge on any atom is 0.223 e. The molecule has 0 spiro atoms. The van der Waals surface area contributed by atoms with Crippen molar-refractivity contribution in [1.29, 1.82) is 0 Å². The van der Waals surface area contributed by atoms with Crippen LogP contribution in [0.3, 0.4) is 0 Å². The first-order valence-electron chi connectivity index (χ1n) is 7.69. The van der Waals surface area contributed by atoms with Crippen LogP contribution in [0.4, 0.5) is 0 Å². The number of rotatable bonds is 5. The van der Waals surface area contributed by atoms with E-state index in [0.29, 0.717) is 0 Å². The van der Waals surface area contributed by atoms with Crippen molar-refractivity contribution < 1.29 is 9.53 Å². The van der Waals surface area contributed by atoms with Crippen LogP contribution in [0.5, 0.6) is 5.75 Å². The van der Waals surface area contributed by atoms with Gasteiger partial charge in [-0.1, -0.05) is 38.3 Å². The lowest BCUT2D eigenvalue weighted by Gasteiger charge is -2.24. The Hall–Kier alpha value is -1.51. The minimum Gasteiger partial charge on any atom is -0.497 e. The number of amides is 1. The molecule has 0 aliphatic heterocycles. The van der Waals surface area contributed by atoms with E-state index in [9.17, 15) is 4.79 Å². The Labute approximate surface area is 121 Å². The van der Waals surface area contributed by atoms with Crippen molar-refractivity contribution in [3.63, 3.8) is 0 Å². The lowest BCUT2D eigenvalue weighted by molar-refractivity contribution is -0.126. The van der Waals surface area contributed by atoms with E-state index in [1.54, 1.807) is 7.11 Å². The number of hydrogen-bond acceptors (Lipinski definition) is 2. The zero-order valence-corrected chi connectivity index (χ0v) is 12.5. The molecule has 3 heteroatoms. The van der Waals surface area contributed by atoms with Crippen LogP contribution >= 0.6 is 0 Å². The second kappa shape index (κ2) is 7.32. The summed E-state index contributed by atoms with van der Waals surface area (Å²) < 4.78 is 5.17. The first-order valence-corrected chi connectivity index (χ1v) is 7.69. The largest absolute Gasteiger partial charge is 0.497 e. The molecule has 1 aliphatic carbocycles. The highest BCUT2D eigenvalue weighted by Gasteiger charge is 2.23. The minimum atomic E-state index is 0.107. The summed E-state index contributed by atoms with van der Waals surface area (Å²) in [5.74, 6) is 1.30. The normalized spacial score (nSPS) is 17.5. The summed E-state index contributed by atoms with van der Waals surface area (Å²) in [7, 11) is 1.66. The van der Waals surface area contributed by atoms with Crippen LogP contribution in [0.15, 0.2) is 24.3 Å². The van der Waals surface area contributed by atoms with Crippen molar-refractivity contribution in [1.82, 2.24) is 5.32 Å². The van der Waals surface area contributed by atoms with Crippen molar-refractivity contribution in [3.8, 4) is 5.75 Å². The van der Waals surface area contributed by atoms with Crippen LogP contribution in [0, 0.1) is 5.92 Å². The molecule has 1 atom stereocenters. The highest BCUT2D eigenvalue weighted by molar-refractivity contribution is 5.79. The second-order valence-electron chi connectivity index (χ2n) is 5.58. The molecule has 1 aromatic rings. The molecule has 1 N–H and O–H groups in total. The molecule has 1 aliphatic rings. The molecule has 0 heterocycles. The number of ether oxygens (including phenoxy) is 1. The molecule has 0 aromatic heterocycles. The number of benzene rings is 1. The minimum absolute atomic E-state index is 0.107. The van der Waals surface area contributed by atoms with Crippen molar-refractivity contribution in [3.05, 3.63) is 29.8 Å². The molecule has 0 saturated heterocycles. The summed E-state index contributed by atoms with van der Waals surface area (Å²) in [5.41, 5.74) is 1.15. The van der Waals surface area contributed by atoms with Gasteiger partial charge in [0.15, 0.2) is 0 Å². The standard InChI is InChI=1S/C17H25NO2/c1-3-16(13-9-11-15(20-2)12-10-13)18-17(19)14-7-5-4-6-8-14/h9-12,14,16H,3-8H2,1-2H3,(H,18,19). The maximum atomic E-state index is 12.3. The molecule has 1 fully saturated rings. The first-order chi connectivity index (χ1) is 9.74. The highest BCUT2D eigenvalue weighted by Crippen LogP contribution is 2.26. The summed E-state index contributed by atoms with van der Waals surface area (Å²) in [6, 6.07) is 8.08. The maximum absolute atomic E-state index is 12.3. The summed E-state index contributed by atoms with van der Waals surface area (Å²) in [6.45, 7) is 2.11. The summed E-state index contributed by atoms with van der Waals surface area (Å²) >= 11 is 0. The lowest BCUT2D eigenvalue weighted by atomic mass is 9.88. The smallest absolute Gasteiger partial charge is 0.223 e. The Morgan fingerprint density at radius 3 is 2.45 bits per heavy atom. The fourth-order valence-corrected chi connectivity index (χ4v) is 2.91. The highest BCUT2D eigenvalue weighted by atomic mass is 16.5. The van der Waals surface area contributed by atoms with Crippen LogP contribution in [-0.4, -0.2) is 13.0 Å². The number of nitrogens with one attached hydrogen (secondary N) is 1. The average molecular weight is 275 g/mol. The van der Waals surface area contributed by atoms with Gasteiger partial charge < -0.3 is 10.1 Å². The zero-order valence-electron chi connectivity index (χ0n) is 12.5. The van der Waals surface area contributed by atoms with Gasteiger partial charge in [0.05, 0.1) is 13.2 Å². The van der Waals surface area contributed by atoms with Crippen molar-refractivity contribution in [2.75, 3.05) is 7.11 Å². The molecule has 20 heavy (non-hydrogen) atoms. The summed E-state index contributed by atoms with van der Waals surface area (Å²) in [4.78, 5) is 12.3. The van der Waals surface area contributed by atoms with Crippen LogP contribution < -0.4 is 10.1 Å². The Morgan fingerprint density at radius 1 is 1.25 bits per heavy atom.